The van der Waals surface area contributed by atoms with Crippen LogP contribution in [0.25, 0.3) is 0 Å². The number of rotatable bonds is 4. The molecular weight excluding hydrogens is 305 g/mol. The summed E-state index contributed by atoms with van der Waals surface area (Å²) in [6.45, 7) is -1.00. The summed E-state index contributed by atoms with van der Waals surface area (Å²) in [5, 5.41) is 8.33. The largest absolute Gasteiger partial charge is 0.480 e. The molecule has 0 heterocycles. The summed E-state index contributed by atoms with van der Waals surface area (Å²) in [5.74, 6) is -1.45. The number of benzene rings is 1. The molecular formula is C10H8BrF3O3. The Kier molecular flexibility index (Phi) is 4.53. The first-order valence-electron chi connectivity index (χ1n) is 4.46. The van der Waals surface area contributed by atoms with Gasteiger partial charge < -0.3 is 9.84 Å². The molecule has 1 aromatic carbocycles. The molecule has 94 valence electrons. The highest BCUT2D eigenvalue weighted by atomic mass is 79.9. The van der Waals surface area contributed by atoms with E-state index < -0.39 is 24.9 Å². The van der Waals surface area contributed by atoms with Crippen LogP contribution in [0.2, 0.25) is 0 Å². The van der Waals surface area contributed by atoms with E-state index in [1.54, 1.807) is 6.07 Å². The summed E-state index contributed by atoms with van der Waals surface area (Å²) >= 11 is 3.04. The monoisotopic (exact) mass is 312 g/mol. The van der Waals surface area contributed by atoms with Gasteiger partial charge in [0.2, 0.25) is 0 Å². The van der Waals surface area contributed by atoms with E-state index in [1.165, 1.54) is 18.2 Å². The molecule has 1 N–H and O–H groups in total. The summed E-state index contributed by atoms with van der Waals surface area (Å²) in [6, 6.07) is 5.45. The number of hydrogen-bond acceptors (Lipinski definition) is 2. The van der Waals surface area contributed by atoms with Gasteiger partial charge in [0.15, 0.2) is 6.10 Å². The lowest BCUT2D eigenvalue weighted by Crippen LogP contribution is -2.25. The molecule has 1 aromatic rings. The molecule has 0 saturated heterocycles. The third-order valence-corrected chi connectivity index (χ3v) is 2.32. The fourth-order valence-corrected chi connectivity index (χ4v) is 1.62. The Morgan fingerprint density at radius 1 is 1.47 bits per heavy atom. The molecule has 0 radical (unpaired) electrons. The number of carboxylic acid groups (broad SMARTS) is 1. The van der Waals surface area contributed by atoms with Gasteiger partial charge in [-0.25, -0.2) is 4.79 Å². The Bertz CT molecular complexity index is 406. The molecule has 0 aliphatic heterocycles. The van der Waals surface area contributed by atoms with Crippen molar-refractivity contribution in [1.82, 2.24) is 0 Å². The maximum absolute atomic E-state index is 12.7. The molecule has 0 aliphatic rings. The van der Waals surface area contributed by atoms with E-state index in [2.05, 4.69) is 20.7 Å². The summed E-state index contributed by atoms with van der Waals surface area (Å²) in [7, 11) is 0. The summed E-state index contributed by atoms with van der Waals surface area (Å²) in [5.41, 5.74) is -0.145. The topological polar surface area (TPSA) is 46.5 Å². The van der Waals surface area contributed by atoms with E-state index in [-0.39, 0.29) is 5.56 Å². The Balaban J connectivity index is 2.94. The first-order valence-corrected chi connectivity index (χ1v) is 5.25. The molecule has 1 atom stereocenters. The third kappa shape index (κ3) is 4.35. The van der Waals surface area contributed by atoms with Gasteiger partial charge >= 0.3 is 12.1 Å². The second kappa shape index (κ2) is 5.50. The van der Waals surface area contributed by atoms with E-state index >= 15 is 0 Å². The predicted octanol–water partition coefficient (Wildman–Crippen LogP) is 3.15. The van der Waals surface area contributed by atoms with Crippen molar-refractivity contribution in [3.05, 3.63) is 34.3 Å². The van der Waals surface area contributed by atoms with E-state index in [0.29, 0.717) is 4.47 Å². The lowest BCUT2D eigenvalue weighted by atomic mass is 10.1. The van der Waals surface area contributed by atoms with Gasteiger partial charge in [-0.1, -0.05) is 28.1 Å². The van der Waals surface area contributed by atoms with Gasteiger partial charge in [0.1, 0.15) is 6.61 Å². The van der Waals surface area contributed by atoms with Gasteiger partial charge in [-0.3, -0.25) is 0 Å². The van der Waals surface area contributed by atoms with E-state index in [1.807, 2.05) is 0 Å². The van der Waals surface area contributed by atoms with Gasteiger partial charge in [0.25, 0.3) is 0 Å². The fourth-order valence-electron chi connectivity index (χ4n) is 1.20. The van der Waals surface area contributed by atoms with Crippen LogP contribution in [0.15, 0.2) is 28.7 Å². The lowest BCUT2D eigenvalue weighted by Gasteiger charge is -2.20. The average molecular weight is 313 g/mol. The van der Waals surface area contributed by atoms with Crippen molar-refractivity contribution >= 4 is 21.9 Å². The molecule has 0 fully saturated rings. The molecule has 0 spiro atoms. The van der Waals surface area contributed by atoms with Crippen LogP contribution in [-0.4, -0.2) is 23.9 Å². The molecule has 17 heavy (non-hydrogen) atoms. The standard InChI is InChI=1S/C10H8BrF3O3/c11-7-3-1-2-6(4-7)9(10(12,13)14)17-5-8(15)16/h1-4,9H,5H2,(H,15,16). The van der Waals surface area contributed by atoms with Crippen LogP contribution in [-0.2, 0) is 9.53 Å². The Labute approximate surface area is 103 Å². The minimum atomic E-state index is -4.66. The smallest absolute Gasteiger partial charge is 0.418 e. The van der Waals surface area contributed by atoms with Crippen molar-refractivity contribution in [3.8, 4) is 0 Å². The summed E-state index contributed by atoms with van der Waals surface area (Å²) < 4.78 is 42.8. The normalized spacial score (nSPS) is 13.4. The van der Waals surface area contributed by atoms with Crippen LogP contribution in [0.3, 0.4) is 0 Å². The van der Waals surface area contributed by atoms with Crippen LogP contribution in [0.5, 0.6) is 0 Å². The van der Waals surface area contributed by atoms with Crippen LogP contribution in [0.4, 0.5) is 13.2 Å². The van der Waals surface area contributed by atoms with Gasteiger partial charge in [0.05, 0.1) is 0 Å². The fraction of sp³-hybridized carbons (Fsp3) is 0.300. The van der Waals surface area contributed by atoms with E-state index in [0.717, 1.165) is 0 Å². The van der Waals surface area contributed by atoms with Crippen molar-refractivity contribution in [2.45, 2.75) is 12.3 Å². The van der Waals surface area contributed by atoms with Gasteiger partial charge in [0, 0.05) is 4.47 Å². The summed E-state index contributed by atoms with van der Waals surface area (Å²) in [4.78, 5) is 10.2. The Morgan fingerprint density at radius 2 is 2.12 bits per heavy atom. The van der Waals surface area contributed by atoms with Gasteiger partial charge in [-0.2, -0.15) is 13.2 Å². The zero-order valence-electron chi connectivity index (χ0n) is 8.37. The molecule has 7 heteroatoms. The molecule has 1 unspecified atom stereocenters. The van der Waals surface area contributed by atoms with Crippen LogP contribution < -0.4 is 0 Å². The quantitative estimate of drug-likeness (QED) is 0.929. The average Bonchev–Trinajstić information content (AvgIpc) is 2.15. The number of hydrogen-bond donors (Lipinski definition) is 1. The van der Waals surface area contributed by atoms with Crippen molar-refractivity contribution in [2.24, 2.45) is 0 Å². The maximum atomic E-state index is 12.7. The number of aliphatic carboxylic acids is 1. The highest BCUT2D eigenvalue weighted by molar-refractivity contribution is 9.10. The number of carbonyl (C=O) groups is 1. The number of halogens is 4. The van der Waals surface area contributed by atoms with Crippen molar-refractivity contribution < 1.29 is 27.8 Å². The molecule has 0 aliphatic carbocycles. The van der Waals surface area contributed by atoms with Crippen molar-refractivity contribution in [2.75, 3.05) is 6.61 Å². The van der Waals surface area contributed by atoms with Gasteiger partial charge in [-0.15, -0.1) is 0 Å². The zero-order valence-corrected chi connectivity index (χ0v) is 9.96. The zero-order chi connectivity index (χ0) is 13.1. The van der Waals surface area contributed by atoms with Crippen LogP contribution in [0, 0.1) is 0 Å². The van der Waals surface area contributed by atoms with E-state index in [9.17, 15) is 18.0 Å². The summed E-state index contributed by atoms with van der Waals surface area (Å²) in [6.07, 6.45) is -6.90. The molecule has 0 amide bonds. The molecule has 3 nitrogen and oxygen atoms in total. The minimum absolute atomic E-state index is 0.145. The second-order valence-electron chi connectivity index (χ2n) is 3.18. The molecule has 1 rings (SSSR count). The molecule has 0 bridgehead atoms. The SMILES string of the molecule is O=C(O)COC(c1cccc(Br)c1)C(F)(F)F. The maximum Gasteiger partial charge on any atom is 0.418 e. The van der Waals surface area contributed by atoms with Crippen molar-refractivity contribution in [3.63, 3.8) is 0 Å². The third-order valence-electron chi connectivity index (χ3n) is 1.82. The highest BCUT2D eigenvalue weighted by Gasteiger charge is 2.42. The Morgan fingerprint density at radius 3 is 2.59 bits per heavy atom. The van der Waals surface area contributed by atoms with Gasteiger partial charge in [-0.05, 0) is 17.7 Å². The molecule has 0 saturated carbocycles. The number of alkyl halides is 3. The highest BCUT2D eigenvalue weighted by Crippen LogP contribution is 2.36. The van der Waals surface area contributed by atoms with Crippen LogP contribution in [0.1, 0.15) is 11.7 Å². The first-order chi connectivity index (χ1) is 7.80. The molecule has 0 aromatic heterocycles. The number of ether oxygens (including phenoxy) is 1. The lowest BCUT2D eigenvalue weighted by molar-refractivity contribution is -0.225. The second-order valence-corrected chi connectivity index (χ2v) is 4.10. The first kappa shape index (κ1) is 14.0. The van der Waals surface area contributed by atoms with Crippen LogP contribution >= 0.6 is 15.9 Å². The van der Waals surface area contributed by atoms with Crippen molar-refractivity contribution in [1.29, 1.82) is 0 Å². The minimum Gasteiger partial charge on any atom is -0.480 e. The number of carboxylic acids is 1. The predicted molar refractivity (Wildman–Crippen MR) is 56.5 cm³/mol. The Hall–Kier alpha value is -1.08. The van der Waals surface area contributed by atoms with E-state index in [4.69, 9.17) is 5.11 Å².